The first-order valence-electron chi connectivity index (χ1n) is 17.0. The van der Waals surface area contributed by atoms with Gasteiger partial charge in [0.25, 0.3) is 0 Å². The molecule has 0 bridgehead atoms. The topological polar surface area (TPSA) is 30.7 Å². The Balaban J connectivity index is 1.34. The maximum atomic E-state index is 5.55. The number of aromatic nitrogens is 3. The van der Waals surface area contributed by atoms with Gasteiger partial charge in [0.15, 0.2) is 0 Å². The normalized spacial score (nSPS) is 14.7. The molecule has 0 saturated carbocycles. The average molecular weight is 644 g/mol. The Morgan fingerprint density at radius 2 is 1.33 bits per heavy atom. The van der Waals surface area contributed by atoms with Crippen molar-refractivity contribution in [1.82, 2.24) is 14.5 Å². The van der Waals surface area contributed by atoms with Gasteiger partial charge in [-0.05, 0) is 63.0 Å². The lowest BCUT2D eigenvalue weighted by molar-refractivity contribution is 0.728. The number of benzene rings is 7. The first-order chi connectivity index (χ1) is 24.2. The standard InChI is InChI=1S/C45H29N3S/c1-26-18-22-35-38(24-26)49-44-40(35)33-15-7-6-14-32(33)39-34-16-8-9-17-37(34)48(43(39)44)45-46-41(30-20-19-27-10-2-3-12-29(27)25-30)36-23-21-28-11-4-5-13-31(28)42(36)47-45/h2-23,25-26H,24H2,1H3. The molecule has 1 aliphatic rings. The number of hydrogen-bond acceptors (Lipinski definition) is 3. The summed E-state index contributed by atoms with van der Waals surface area (Å²) in [6, 6.07) is 46.0. The summed E-state index contributed by atoms with van der Waals surface area (Å²) >= 11 is 1.95. The van der Waals surface area contributed by atoms with E-state index in [-0.39, 0.29) is 0 Å². The zero-order valence-corrected chi connectivity index (χ0v) is 27.6. The van der Waals surface area contributed by atoms with Crippen LogP contribution in [0.25, 0.3) is 98.4 Å². The highest BCUT2D eigenvalue weighted by Crippen LogP contribution is 2.48. The second-order valence-electron chi connectivity index (χ2n) is 13.4. The monoisotopic (exact) mass is 643 g/mol. The van der Waals surface area contributed by atoms with Crippen LogP contribution in [-0.4, -0.2) is 14.5 Å². The van der Waals surface area contributed by atoms with Crippen molar-refractivity contribution in [2.75, 3.05) is 0 Å². The first kappa shape index (κ1) is 27.1. The van der Waals surface area contributed by atoms with Crippen LogP contribution in [0.2, 0.25) is 0 Å². The lowest BCUT2D eigenvalue weighted by atomic mass is 9.92. The molecule has 7 aromatic carbocycles. The minimum Gasteiger partial charge on any atom is -0.276 e. The van der Waals surface area contributed by atoms with Crippen molar-refractivity contribution in [3.63, 3.8) is 0 Å². The van der Waals surface area contributed by atoms with Crippen LogP contribution in [0.1, 0.15) is 17.4 Å². The highest BCUT2D eigenvalue weighted by Gasteiger charge is 2.26. The minimum atomic E-state index is 0.523. The molecule has 0 aliphatic heterocycles. The third kappa shape index (κ3) is 3.83. The smallest absolute Gasteiger partial charge is 0.235 e. The Morgan fingerprint density at radius 3 is 2.18 bits per heavy atom. The van der Waals surface area contributed by atoms with Gasteiger partial charge in [0, 0.05) is 37.4 Å². The lowest BCUT2D eigenvalue weighted by Gasteiger charge is -2.14. The summed E-state index contributed by atoms with van der Waals surface area (Å²) in [5.41, 5.74) is 6.69. The Labute approximate surface area is 286 Å². The molecule has 1 unspecified atom stereocenters. The Morgan fingerprint density at radius 1 is 0.633 bits per heavy atom. The number of hydrogen-bond donors (Lipinski definition) is 0. The van der Waals surface area contributed by atoms with Gasteiger partial charge in [0.05, 0.1) is 26.9 Å². The van der Waals surface area contributed by atoms with Crippen LogP contribution >= 0.6 is 11.3 Å². The highest BCUT2D eigenvalue weighted by molar-refractivity contribution is 7.20. The zero-order valence-electron chi connectivity index (χ0n) is 26.8. The number of para-hydroxylation sites is 1. The van der Waals surface area contributed by atoms with Gasteiger partial charge in [-0.15, -0.1) is 11.3 Å². The summed E-state index contributed by atoms with van der Waals surface area (Å²) in [4.78, 5) is 12.5. The number of nitrogens with zero attached hydrogens (tertiary/aromatic N) is 3. The van der Waals surface area contributed by atoms with Gasteiger partial charge in [0.1, 0.15) is 0 Å². The summed E-state index contributed by atoms with van der Waals surface area (Å²) in [6.07, 6.45) is 5.80. The van der Waals surface area contributed by atoms with Crippen LogP contribution in [0, 0.1) is 5.92 Å². The molecular weight excluding hydrogens is 615 g/mol. The molecule has 49 heavy (non-hydrogen) atoms. The summed E-state index contributed by atoms with van der Waals surface area (Å²) in [7, 11) is 0. The Hall–Kier alpha value is -5.84. The van der Waals surface area contributed by atoms with Crippen LogP contribution in [0.15, 0.2) is 133 Å². The number of thiophene rings is 1. The van der Waals surface area contributed by atoms with Crippen LogP contribution in [-0.2, 0) is 6.42 Å². The molecule has 3 heterocycles. The molecule has 1 atom stereocenters. The first-order valence-corrected chi connectivity index (χ1v) is 17.8. The summed E-state index contributed by atoms with van der Waals surface area (Å²) < 4.78 is 3.67. The minimum absolute atomic E-state index is 0.523. The Bertz CT molecular complexity index is 3050. The summed E-state index contributed by atoms with van der Waals surface area (Å²) in [5, 5.41) is 12.2. The van der Waals surface area contributed by atoms with Gasteiger partial charge in [-0.25, -0.2) is 9.97 Å². The van der Waals surface area contributed by atoms with Crippen molar-refractivity contribution < 1.29 is 0 Å². The zero-order chi connectivity index (χ0) is 32.2. The number of allylic oxidation sites excluding steroid dienone is 1. The van der Waals surface area contributed by atoms with Crippen LogP contribution in [0.5, 0.6) is 0 Å². The molecule has 1 aliphatic carbocycles. The molecule has 0 fully saturated rings. The second kappa shape index (κ2) is 10.1. The van der Waals surface area contributed by atoms with Crippen molar-refractivity contribution in [2.45, 2.75) is 13.3 Å². The predicted octanol–water partition coefficient (Wildman–Crippen LogP) is 12.3. The quantitative estimate of drug-likeness (QED) is 0.176. The number of rotatable bonds is 2. The predicted molar refractivity (Wildman–Crippen MR) is 209 cm³/mol. The van der Waals surface area contributed by atoms with E-state index in [1.54, 1.807) is 0 Å². The van der Waals surface area contributed by atoms with E-state index in [9.17, 15) is 0 Å². The van der Waals surface area contributed by atoms with Gasteiger partial charge in [-0.1, -0.05) is 128 Å². The van der Waals surface area contributed by atoms with E-state index in [0.717, 1.165) is 39.5 Å². The van der Waals surface area contributed by atoms with E-state index in [1.165, 1.54) is 63.7 Å². The third-order valence-corrected chi connectivity index (χ3v) is 11.7. The molecule has 0 spiro atoms. The summed E-state index contributed by atoms with van der Waals surface area (Å²) in [5.74, 6) is 1.22. The molecule has 0 N–H and O–H groups in total. The second-order valence-corrected chi connectivity index (χ2v) is 14.5. The molecular formula is C45H29N3S. The highest BCUT2D eigenvalue weighted by atomic mass is 32.1. The van der Waals surface area contributed by atoms with Gasteiger partial charge < -0.3 is 0 Å². The molecule has 4 heteroatoms. The van der Waals surface area contributed by atoms with Crippen LogP contribution in [0.4, 0.5) is 0 Å². The fraction of sp³-hybridized carbons (Fsp3) is 0.0667. The molecule has 3 aromatic heterocycles. The molecule has 0 amide bonds. The van der Waals surface area contributed by atoms with Gasteiger partial charge in [0.2, 0.25) is 5.95 Å². The average Bonchev–Trinajstić information content (AvgIpc) is 3.70. The van der Waals surface area contributed by atoms with Crippen LogP contribution in [0.3, 0.4) is 0 Å². The third-order valence-electron chi connectivity index (χ3n) is 10.5. The van der Waals surface area contributed by atoms with Crippen LogP contribution < -0.4 is 0 Å². The van der Waals surface area contributed by atoms with Crippen molar-refractivity contribution >= 4 is 92.5 Å². The SMILES string of the molecule is CC1C=Cc2c(sc3c2c2ccccc2c2c4ccccc4n(-c4nc(-c5ccc6ccccc6c5)c5ccc6ccccc6c5n4)c32)C1. The van der Waals surface area contributed by atoms with Crippen molar-refractivity contribution in [3.05, 3.63) is 144 Å². The van der Waals surface area contributed by atoms with Crippen molar-refractivity contribution in [3.8, 4) is 17.2 Å². The van der Waals surface area contributed by atoms with Gasteiger partial charge in [-0.3, -0.25) is 4.57 Å². The van der Waals surface area contributed by atoms with E-state index in [1.807, 2.05) is 11.3 Å². The molecule has 10 aromatic rings. The molecule has 0 radical (unpaired) electrons. The van der Waals surface area contributed by atoms with E-state index < -0.39 is 0 Å². The van der Waals surface area contributed by atoms with E-state index in [0.29, 0.717) is 11.9 Å². The maximum absolute atomic E-state index is 5.55. The molecule has 3 nitrogen and oxygen atoms in total. The van der Waals surface area contributed by atoms with Gasteiger partial charge in [-0.2, -0.15) is 0 Å². The lowest BCUT2D eigenvalue weighted by Crippen LogP contribution is -2.04. The van der Waals surface area contributed by atoms with E-state index in [2.05, 4.69) is 151 Å². The van der Waals surface area contributed by atoms with Gasteiger partial charge >= 0.3 is 0 Å². The fourth-order valence-corrected chi connectivity index (χ4v) is 9.72. The Kier molecular flexibility index (Phi) is 5.59. The fourth-order valence-electron chi connectivity index (χ4n) is 8.24. The molecule has 11 rings (SSSR count). The number of fused-ring (bicyclic) bond motifs is 14. The maximum Gasteiger partial charge on any atom is 0.235 e. The largest absolute Gasteiger partial charge is 0.276 e. The van der Waals surface area contributed by atoms with E-state index in [4.69, 9.17) is 9.97 Å². The van der Waals surface area contributed by atoms with Crippen molar-refractivity contribution in [2.24, 2.45) is 5.92 Å². The molecule has 0 saturated heterocycles. The molecule has 230 valence electrons. The van der Waals surface area contributed by atoms with E-state index >= 15 is 0 Å². The summed E-state index contributed by atoms with van der Waals surface area (Å²) in [6.45, 7) is 2.32. The van der Waals surface area contributed by atoms with Crippen molar-refractivity contribution in [1.29, 1.82) is 0 Å².